The van der Waals surface area contributed by atoms with E-state index in [2.05, 4.69) is 35.9 Å². The molecule has 0 aliphatic carbocycles. The van der Waals surface area contributed by atoms with Crippen molar-refractivity contribution in [2.45, 2.75) is 26.3 Å². The van der Waals surface area contributed by atoms with Gasteiger partial charge in [0, 0.05) is 51.4 Å². The van der Waals surface area contributed by atoms with Crippen LogP contribution in [0.3, 0.4) is 0 Å². The Hall–Kier alpha value is -0.160. The Balaban J connectivity index is 2.08. The second-order valence-corrected chi connectivity index (χ2v) is 5.58. The minimum Gasteiger partial charge on any atom is -0.395 e. The highest BCUT2D eigenvalue weighted by molar-refractivity contribution is 4.75. The zero-order valence-electron chi connectivity index (χ0n) is 11.0. The van der Waals surface area contributed by atoms with Crippen LogP contribution in [0.25, 0.3) is 0 Å². The smallest absolute Gasteiger partial charge is 0.0558 e. The Morgan fingerprint density at radius 2 is 1.50 bits per heavy atom. The summed E-state index contributed by atoms with van der Waals surface area (Å²) in [7, 11) is 0. The van der Waals surface area contributed by atoms with Crippen molar-refractivity contribution in [3.8, 4) is 0 Å². The number of hydrogen-bond acceptors (Lipinski definition) is 4. The lowest BCUT2D eigenvalue weighted by atomic mass is 10.1. The average Bonchev–Trinajstić information content (AvgIpc) is 2.19. The highest BCUT2D eigenvalue weighted by Crippen LogP contribution is 2.01. The number of nitrogens with zero attached hydrogens (tertiary/aromatic N) is 2. The topological polar surface area (TPSA) is 38.7 Å². The van der Waals surface area contributed by atoms with Crippen molar-refractivity contribution in [2.75, 3.05) is 52.4 Å². The molecule has 0 bridgehead atoms. The molecule has 0 aromatic heterocycles. The number of aliphatic hydroxyl groups is 1. The lowest BCUT2D eigenvalue weighted by Crippen LogP contribution is -2.50. The van der Waals surface area contributed by atoms with Crippen LogP contribution < -0.4 is 5.32 Å². The molecule has 4 heteroatoms. The number of aliphatic hydroxyl groups excluding tert-OH is 1. The first-order valence-corrected chi connectivity index (χ1v) is 6.32. The van der Waals surface area contributed by atoms with Gasteiger partial charge >= 0.3 is 0 Å². The first-order valence-electron chi connectivity index (χ1n) is 6.32. The Labute approximate surface area is 99.6 Å². The summed E-state index contributed by atoms with van der Waals surface area (Å²) in [5.41, 5.74) is 0.221. The first kappa shape index (κ1) is 13.9. The molecule has 1 fully saturated rings. The van der Waals surface area contributed by atoms with E-state index in [1.807, 2.05) is 0 Å². The highest BCUT2D eigenvalue weighted by Gasteiger charge is 2.16. The molecule has 1 heterocycles. The molecule has 1 rings (SSSR count). The molecule has 0 aromatic carbocycles. The molecule has 0 radical (unpaired) electrons. The van der Waals surface area contributed by atoms with Crippen LogP contribution in [-0.2, 0) is 0 Å². The molecule has 1 aliphatic rings. The van der Waals surface area contributed by atoms with Gasteiger partial charge < -0.3 is 10.4 Å². The fraction of sp³-hybridized carbons (Fsp3) is 1.00. The van der Waals surface area contributed by atoms with Crippen LogP contribution in [0, 0.1) is 0 Å². The van der Waals surface area contributed by atoms with Crippen LogP contribution in [0.4, 0.5) is 0 Å². The largest absolute Gasteiger partial charge is 0.395 e. The van der Waals surface area contributed by atoms with E-state index in [1.54, 1.807) is 0 Å². The van der Waals surface area contributed by atoms with Crippen molar-refractivity contribution in [3.63, 3.8) is 0 Å². The fourth-order valence-electron chi connectivity index (χ4n) is 1.97. The van der Waals surface area contributed by atoms with E-state index in [0.29, 0.717) is 0 Å². The van der Waals surface area contributed by atoms with Gasteiger partial charge in [-0.1, -0.05) is 0 Å². The Bertz CT molecular complexity index is 183. The zero-order valence-corrected chi connectivity index (χ0v) is 11.0. The molecule has 0 atom stereocenters. The Morgan fingerprint density at radius 1 is 1.00 bits per heavy atom. The number of β-amino-alcohol motifs (C(OH)–C–C–N with tert-alkyl or cyclic N) is 1. The maximum absolute atomic E-state index is 8.85. The van der Waals surface area contributed by atoms with Crippen LogP contribution in [0.5, 0.6) is 0 Å². The van der Waals surface area contributed by atoms with Crippen molar-refractivity contribution in [3.05, 3.63) is 0 Å². The van der Waals surface area contributed by atoms with Gasteiger partial charge in [0.2, 0.25) is 0 Å². The third-order valence-electron chi connectivity index (χ3n) is 2.96. The van der Waals surface area contributed by atoms with Crippen LogP contribution in [0.2, 0.25) is 0 Å². The summed E-state index contributed by atoms with van der Waals surface area (Å²) in [4.78, 5) is 4.82. The lowest BCUT2D eigenvalue weighted by Gasteiger charge is -2.35. The molecule has 16 heavy (non-hydrogen) atoms. The summed E-state index contributed by atoms with van der Waals surface area (Å²) in [6.07, 6.45) is 0. The van der Waals surface area contributed by atoms with Gasteiger partial charge in [-0.15, -0.1) is 0 Å². The van der Waals surface area contributed by atoms with E-state index in [1.165, 1.54) is 0 Å². The van der Waals surface area contributed by atoms with E-state index < -0.39 is 0 Å². The maximum atomic E-state index is 8.85. The van der Waals surface area contributed by atoms with Crippen molar-refractivity contribution >= 4 is 0 Å². The maximum Gasteiger partial charge on any atom is 0.0558 e. The number of piperazine rings is 1. The summed E-state index contributed by atoms with van der Waals surface area (Å²) in [5.74, 6) is 0. The molecule has 4 nitrogen and oxygen atoms in total. The van der Waals surface area contributed by atoms with Gasteiger partial charge in [-0.05, 0) is 20.8 Å². The molecule has 96 valence electrons. The lowest BCUT2D eigenvalue weighted by molar-refractivity contribution is 0.112. The normalized spacial score (nSPS) is 20.2. The SMILES string of the molecule is CC(C)(C)NCCN1CCN(CCO)CC1. The van der Waals surface area contributed by atoms with Gasteiger partial charge in [0.15, 0.2) is 0 Å². The molecular weight excluding hydrogens is 202 g/mol. The Kier molecular flexibility index (Phi) is 5.69. The van der Waals surface area contributed by atoms with Crippen LogP contribution in [0.1, 0.15) is 20.8 Å². The quantitative estimate of drug-likeness (QED) is 0.695. The molecule has 1 saturated heterocycles. The fourth-order valence-corrected chi connectivity index (χ4v) is 1.97. The van der Waals surface area contributed by atoms with Gasteiger partial charge in [0.1, 0.15) is 0 Å². The van der Waals surface area contributed by atoms with Crippen LogP contribution in [0.15, 0.2) is 0 Å². The van der Waals surface area contributed by atoms with Gasteiger partial charge in [-0.2, -0.15) is 0 Å². The predicted molar refractivity (Wildman–Crippen MR) is 67.7 cm³/mol. The number of hydrogen-bond donors (Lipinski definition) is 2. The van der Waals surface area contributed by atoms with Crippen LogP contribution >= 0.6 is 0 Å². The van der Waals surface area contributed by atoms with E-state index in [0.717, 1.165) is 45.8 Å². The monoisotopic (exact) mass is 229 g/mol. The van der Waals surface area contributed by atoms with Crippen LogP contribution in [-0.4, -0.2) is 72.9 Å². The third-order valence-corrected chi connectivity index (χ3v) is 2.96. The molecule has 0 spiro atoms. The van der Waals surface area contributed by atoms with E-state index in [9.17, 15) is 0 Å². The second kappa shape index (κ2) is 6.55. The van der Waals surface area contributed by atoms with Gasteiger partial charge in [0.25, 0.3) is 0 Å². The molecule has 0 saturated carbocycles. The molecule has 0 unspecified atom stereocenters. The van der Waals surface area contributed by atoms with E-state index in [4.69, 9.17) is 5.11 Å². The van der Waals surface area contributed by atoms with Crippen molar-refractivity contribution in [1.82, 2.24) is 15.1 Å². The average molecular weight is 229 g/mol. The highest BCUT2D eigenvalue weighted by atomic mass is 16.3. The summed E-state index contributed by atoms with van der Waals surface area (Å²) in [6.45, 7) is 14.3. The molecular formula is C12H27N3O. The predicted octanol–water partition coefficient (Wildman–Crippen LogP) is -0.0156. The number of nitrogens with one attached hydrogen (secondary N) is 1. The minimum atomic E-state index is 0.221. The summed E-state index contributed by atoms with van der Waals surface area (Å²) in [6, 6.07) is 0. The number of rotatable bonds is 5. The summed E-state index contributed by atoms with van der Waals surface area (Å²) in [5, 5.41) is 12.4. The first-order chi connectivity index (χ1) is 7.51. The van der Waals surface area contributed by atoms with Gasteiger partial charge in [-0.3, -0.25) is 9.80 Å². The van der Waals surface area contributed by atoms with Crippen molar-refractivity contribution in [2.24, 2.45) is 0 Å². The zero-order chi connectivity index (χ0) is 12.0. The standard InChI is InChI=1S/C12H27N3O/c1-12(2,3)13-4-5-14-6-8-15(9-7-14)10-11-16/h13,16H,4-11H2,1-3H3. The van der Waals surface area contributed by atoms with Crippen molar-refractivity contribution < 1.29 is 5.11 Å². The Morgan fingerprint density at radius 3 is 1.94 bits per heavy atom. The van der Waals surface area contributed by atoms with E-state index >= 15 is 0 Å². The van der Waals surface area contributed by atoms with Crippen molar-refractivity contribution in [1.29, 1.82) is 0 Å². The summed E-state index contributed by atoms with van der Waals surface area (Å²) < 4.78 is 0. The van der Waals surface area contributed by atoms with E-state index in [-0.39, 0.29) is 12.1 Å². The molecule has 1 aliphatic heterocycles. The second-order valence-electron chi connectivity index (χ2n) is 5.58. The van der Waals surface area contributed by atoms with Gasteiger partial charge in [-0.25, -0.2) is 0 Å². The summed E-state index contributed by atoms with van der Waals surface area (Å²) >= 11 is 0. The molecule has 2 N–H and O–H groups in total. The molecule has 0 amide bonds. The molecule has 0 aromatic rings. The van der Waals surface area contributed by atoms with Gasteiger partial charge in [0.05, 0.1) is 6.61 Å². The minimum absolute atomic E-state index is 0.221. The third kappa shape index (κ3) is 5.80.